The van der Waals surface area contributed by atoms with Crippen LogP contribution in [0, 0.1) is 0 Å². The van der Waals surface area contributed by atoms with Crippen molar-refractivity contribution in [2.75, 3.05) is 47.5 Å². The van der Waals surface area contributed by atoms with Gasteiger partial charge in [0.15, 0.2) is 6.10 Å². The van der Waals surface area contributed by atoms with E-state index in [9.17, 15) is 19.0 Å². The van der Waals surface area contributed by atoms with E-state index in [-0.39, 0.29) is 26.1 Å². The average Bonchev–Trinajstić information content (AvgIpc) is 3.07. The number of carbonyl (C=O) groups is 2. The maximum Gasteiger partial charge on any atom is 0.306 e. The Morgan fingerprint density at radius 3 is 1.63 bits per heavy atom. The molecule has 0 N–H and O–H groups in total. The highest BCUT2D eigenvalue weighted by atomic mass is 31.2. The Labute approximate surface area is 312 Å². The summed E-state index contributed by atoms with van der Waals surface area (Å²) in [4.78, 5) is 37.3. The van der Waals surface area contributed by atoms with Crippen LogP contribution in [-0.2, 0) is 32.7 Å². The summed E-state index contributed by atoms with van der Waals surface area (Å²) in [5.41, 5.74) is 0. The Balaban J connectivity index is 4.53. The van der Waals surface area contributed by atoms with Crippen molar-refractivity contribution >= 4 is 19.8 Å². The fraction of sp³-hybridized carbons (Fsp3) is 0.756. The predicted octanol–water partition coefficient (Wildman–Crippen LogP) is 10.1. The van der Waals surface area contributed by atoms with E-state index in [2.05, 4.69) is 56.4 Å². The highest BCUT2D eigenvalue weighted by Gasteiger charge is 2.21. The smallest absolute Gasteiger partial charge is 0.306 e. The Morgan fingerprint density at radius 1 is 0.608 bits per heavy atom. The van der Waals surface area contributed by atoms with Crippen LogP contribution in [-0.4, -0.2) is 70.0 Å². The van der Waals surface area contributed by atoms with Crippen molar-refractivity contribution in [3.05, 3.63) is 48.6 Å². The van der Waals surface area contributed by atoms with Gasteiger partial charge in [0, 0.05) is 12.8 Å². The maximum atomic E-state index is 12.6. The minimum absolute atomic E-state index is 0.0416. The molecule has 0 aromatic rings. The van der Waals surface area contributed by atoms with Crippen LogP contribution >= 0.6 is 7.82 Å². The van der Waals surface area contributed by atoms with E-state index in [4.69, 9.17) is 18.5 Å². The summed E-state index contributed by atoms with van der Waals surface area (Å²) in [7, 11) is 1.13. The van der Waals surface area contributed by atoms with E-state index in [0.29, 0.717) is 23.9 Å². The Bertz CT molecular complexity index is 1020. The van der Waals surface area contributed by atoms with E-state index in [0.717, 1.165) is 38.5 Å². The van der Waals surface area contributed by atoms with Crippen molar-refractivity contribution in [3.63, 3.8) is 0 Å². The third kappa shape index (κ3) is 37.5. The van der Waals surface area contributed by atoms with Crippen molar-refractivity contribution in [1.82, 2.24) is 0 Å². The first-order valence-electron chi connectivity index (χ1n) is 19.8. The summed E-state index contributed by atoms with van der Waals surface area (Å²) in [5.74, 6) is -0.905. The summed E-state index contributed by atoms with van der Waals surface area (Å²) < 4.78 is 33.7. The number of phosphoric acid groups is 1. The zero-order valence-corrected chi connectivity index (χ0v) is 33.9. The number of rotatable bonds is 35. The molecule has 0 aromatic carbocycles. The van der Waals surface area contributed by atoms with Gasteiger partial charge in [-0.25, -0.2) is 0 Å². The molecule has 296 valence electrons. The molecule has 51 heavy (non-hydrogen) atoms. The van der Waals surface area contributed by atoms with Crippen LogP contribution in [0.5, 0.6) is 0 Å². The maximum absolute atomic E-state index is 12.6. The van der Waals surface area contributed by atoms with Gasteiger partial charge in [-0.15, -0.1) is 0 Å². The fourth-order valence-electron chi connectivity index (χ4n) is 4.94. The lowest BCUT2D eigenvalue weighted by molar-refractivity contribution is -0.870. The molecule has 0 saturated carbocycles. The molecule has 10 heteroatoms. The first-order chi connectivity index (χ1) is 24.5. The molecular weight excluding hydrogens is 665 g/mol. The molecule has 0 heterocycles. The molecule has 0 aromatic heterocycles. The normalized spacial score (nSPS) is 14.2. The Morgan fingerprint density at radius 2 is 1.08 bits per heavy atom. The van der Waals surface area contributed by atoms with Crippen molar-refractivity contribution in [2.24, 2.45) is 0 Å². The fourth-order valence-corrected chi connectivity index (χ4v) is 5.67. The molecule has 0 bridgehead atoms. The van der Waals surface area contributed by atoms with Gasteiger partial charge in [0.1, 0.15) is 19.8 Å². The summed E-state index contributed by atoms with van der Waals surface area (Å²) >= 11 is 0. The number of phosphoric ester groups is 1. The minimum Gasteiger partial charge on any atom is -0.756 e. The SMILES string of the molecule is CCCCC/C=C/C/C=C/C/C=C/C/C=C/CCCC(=O)O[C@H](COC(=O)CCCCCCCCCCCC)COP(=O)([O-])OCC[N+](C)(C)C. The second-order valence-electron chi connectivity index (χ2n) is 14.3. The predicted molar refractivity (Wildman–Crippen MR) is 208 cm³/mol. The monoisotopic (exact) mass is 740 g/mol. The highest BCUT2D eigenvalue weighted by Crippen LogP contribution is 2.38. The van der Waals surface area contributed by atoms with Crippen molar-refractivity contribution in [1.29, 1.82) is 0 Å². The molecule has 0 radical (unpaired) electrons. The molecule has 0 fully saturated rings. The van der Waals surface area contributed by atoms with E-state index in [1.54, 1.807) is 0 Å². The molecule has 1 unspecified atom stereocenters. The summed E-state index contributed by atoms with van der Waals surface area (Å²) in [6, 6.07) is 0. The Hall–Kier alpha value is -2.03. The van der Waals surface area contributed by atoms with Crippen molar-refractivity contribution in [3.8, 4) is 0 Å². The third-order valence-electron chi connectivity index (χ3n) is 8.10. The molecule has 0 aliphatic rings. The van der Waals surface area contributed by atoms with Crippen LogP contribution < -0.4 is 4.89 Å². The molecule has 0 aliphatic carbocycles. The molecule has 0 aliphatic heterocycles. The lowest BCUT2D eigenvalue weighted by Crippen LogP contribution is -2.37. The molecular formula is C41H74NO8P. The number of ether oxygens (including phenoxy) is 2. The summed E-state index contributed by atoms with van der Waals surface area (Å²) in [6.45, 7) is 4.10. The summed E-state index contributed by atoms with van der Waals surface area (Å²) in [6.07, 6.45) is 37.2. The topological polar surface area (TPSA) is 111 Å². The van der Waals surface area contributed by atoms with Crippen LogP contribution in [0.2, 0.25) is 0 Å². The van der Waals surface area contributed by atoms with Crippen molar-refractivity contribution < 1.29 is 42.1 Å². The average molecular weight is 740 g/mol. The van der Waals surface area contributed by atoms with Gasteiger partial charge in [0.2, 0.25) is 0 Å². The third-order valence-corrected chi connectivity index (χ3v) is 9.07. The van der Waals surface area contributed by atoms with E-state index in [1.807, 2.05) is 27.2 Å². The number of quaternary nitrogens is 1. The van der Waals surface area contributed by atoms with E-state index in [1.165, 1.54) is 70.6 Å². The van der Waals surface area contributed by atoms with Crippen LogP contribution in [0.15, 0.2) is 48.6 Å². The number of esters is 2. The van der Waals surface area contributed by atoms with E-state index < -0.39 is 32.5 Å². The number of hydrogen-bond donors (Lipinski definition) is 0. The molecule has 0 amide bonds. The van der Waals surface area contributed by atoms with Gasteiger partial charge in [-0.05, 0) is 51.4 Å². The zero-order valence-electron chi connectivity index (χ0n) is 33.0. The van der Waals surface area contributed by atoms with Crippen LogP contribution in [0.4, 0.5) is 0 Å². The first-order valence-corrected chi connectivity index (χ1v) is 21.3. The van der Waals surface area contributed by atoms with Gasteiger partial charge in [-0.2, -0.15) is 0 Å². The number of hydrogen-bond acceptors (Lipinski definition) is 8. The van der Waals surface area contributed by atoms with E-state index >= 15 is 0 Å². The lowest BCUT2D eigenvalue weighted by atomic mass is 10.1. The standard InChI is InChI=1S/C41H74NO8P/c1-6-8-10-12-14-16-18-19-20-21-22-23-24-26-28-30-32-34-41(44)50-39(38-49-51(45,46)48-36-35-42(3,4)5)37-47-40(43)33-31-29-27-25-17-15-13-11-9-7-2/h14,16,19-20,22-23,26,28,39H,6-13,15,17-18,21,24-25,27,29-38H2,1-5H3/b16-14+,20-19+,23-22+,28-26+/t39-/m1/s1. The van der Waals surface area contributed by atoms with Gasteiger partial charge in [-0.1, -0.05) is 133 Å². The number of likely N-dealkylation sites (N-methyl/N-ethyl adjacent to an activating group) is 1. The Kier molecular flexibility index (Phi) is 32.4. The zero-order chi connectivity index (χ0) is 37.9. The number of carbonyl (C=O) groups excluding carboxylic acids is 2. The molecule has 0 rings (SSSR count). The molecule has 0 spiro atoms. The van der Waals surface area contributed by atoms with Crippen LogP contribution in [0.3, 0.4) is 0 Å². The largest absolute Gasteiger partial charge is 0.756 e. The number of unbranched alkanes of at least 4 members (excludes halogenated alkanes) is 13. The van der Waals surface area contributed by atoms with Crippen LogP contribution in [0.1, 0.15) is 149 Å². The quantitative estimate of drug-likeness (QED) is 0.0208. The lowest BCUT2D eigenvalue weighted by Gasteiger charge is -2.28. The van der Waals surface area contributed by atoms with Gasteiger partial charge in [0.25, 0.3) is 7.82 Å². The minimum atomic E-state index is -4.63. The first kappa shape index (κ1) is 49.0. The van der Waals surface area contributed by atoms with Gasteiger partial charge < -0.3 is 27.9 Å². The van der Waals surface area contributed by atoms with Crippen molar-refractivity contribution in [2.45, 2.75) is 155 Å². The molecule has 2 atom stereocenters. The van der Waals surface area contributed by atoms with Gasteiger partial charge in [0.05, 0.1) is 27.7 Å². The number of nitrogens with zero attached hydrogens (tertiary/aromatic N) is 1. The van der Waals surface area contributed by atoms with Gasteiger partial charge >= 0.3 is 11.9 Å². The van der Waals surface area contributed by atoms with Gasteiger partial charge in [-0.3, -0.25) is 14.2 Å². The second kappa shape index (κ2) is 33.8. The molecule has 0 saturated heterocycles. The highest BCUT2D eigenvalue weighted by molar-refractivity contribution is 7.45. The molecule has 9 nitrogen and oxygen atoms in total. The summed E-state index contributed by atoms with van der Waals surface area (Å²) in [5, 5.41) is 0. The van der Waals surface area contributed by atoms with Crippen LogP contribution in [0.25, 0.3) is 0 Å². The number of allylic oxidation sites excluding steroid dienone is 8. The second-order valence-corrected chi connectivity index (χ2v) is 15.7.